The van der Waals surface area contributed by atoms with Gasteiger partial charge in [0.1, 0.15) is 17.2 Å². The van der Waals surface area contributed by atoms with Crippen LogP contribution in [0.1, 0.15) is 16.1 Å². The number of amides is 1. The molecule has 28 heavy (non-hydrogen) atoms. The van der Waals surface area contributed by atoms with E-state index in [0.29, 0.717) is 10.8 Å². The number of halogens is 2. The molecule has 0 fully saturated rings. The summed E-state index contributed by atoms with van der Waals surface area (Å²) in [5.74, 6) is 0.113. The lowest BCUT2D eigenvalue weighted by Gasteiger charge is -2.11. The highest BCUT2D eigenvalue weighted by molar-refractivity contribution is 6.34. The summed E-state index contributed by atoms with van der Waals surface area (Å²) in [5, 5.41) is 18.5. The van der Waals surface area contributed by atoms with Gasteiger partial charge in [0.2, 0.25) is 0 Å². The summed E-state index contributed by atoms with van der Waals surface area (Å²) in [7, 11) is 1.56. The van der Waals surface area contributed by atoms with E-state index in [9.17, 15) is 14.9 Å². The maximum Gasteiger partial charge on any atom is 0.275 e. The molecule has 0 saturated carbocycles. The van der Waals surface area contributed by atoms with Crippen molar-refractivity contribution in [3.05, 3.63) is 74.0 Å². The first kappa shape index (κ1) is 19.7. The van der Waals surface area contributed by atoms with E-state index in [1.54, 1.807) is 32.2 Å². The van der Waals surface area contributed by atoms with Crippen molar-refractivity contribution in [2.24, 2.45) is 7.05 Å². The van der Waals surface area contributed by atoms with Gasteiger partial charge in [-0.15, -0.1) is 0 Å². The first-order valence-electron chi connectivity index (χ1n) is 7.97. The predicted molar refractivity (Wildman–Crippen MR) is 106 cm³/mol. The van der Waals surface area contributed by atoms with Crippen LogP contribution in [0.4, 0.5) is 11.4 Å². The number of nitrogens with zero attached hydrogens (tertiary/aromatic N) is 3. The Morgan fingerprint density at radius 3 is 2.61 bits per heavy atom. The molecule has 0 saturated heterocycles. The zero-order valence-corrected chi connectivity index (χ0v) is 16.3. The van der Waals surface area contributed by atoms with Gasteiger partial charge in [-0.25, -0.2) is 0 Å². The first-order chi connectivity index (χ1) is 13.2. The molecule has 1 N–H and O–H groups in total. The van der Waals surface area contributed by atoms with Crippen molar-refractivity contribution in [3.8, 4) is 11.5 Å². The second-order valence-corrected chi connectivity index (χ2v) is 6.75. The second kappa shape index (κ2) is 7.87. The topological polar surface area (TPSA) is 99.3 Å². The molecule has 0 aliphatic heterocycles. The minimum absolute atomic E-state index is 0.129. The number of hydrogen-bond acceptors (Lipinski definition) is 5. The number of ether oxygens (including phenoxy) is 1. The van der Waals surface area contributed by atoms with Crippen LogP contribution in [0.5, 0.6) is 11.5 Å². The lowest BCUT2D eigenvalue weighted by Crippen LogP contribution is -2.16. The zero-order valence-electron chi connectivity index (χ0n) is 14.8. The van der Waals surface area contributed by atoms with E-state index in [2.05, 4.69) is 10.4 Å². The average molecular weight is 421 g/mol. The Kier molecular flexibility index (Phi) is 5.53. The minimum Gasteiger partial charge on any atom is -0.457 e. The summed E-state index contributed by atoms with van der Waals surface area (Å²) >= 11 is 11.9. The lowest BCUT2D eigenvalue weighted by atomic mass is 10.2. The molecule has 1 aromatic heterocycles. The molecule has 0 radical (unpaired) electrons. The fourth-order valence-electron chi connectivity index (χ4n) is 2.53. The van der Waals surface area contributed by atoms with Crippen molar-refractivity contribution in [1.29, 1.82) is 0 Å². The molecule has 2 aromatic carbocycles. The van der Waals surface area contributed by atoms with E-state index in [0.717, 1.165) is 5.56 Å². The van der Waals surface area contributed by atoms with Crippen LogP contribution in [-0.4, -0.2) is 20.6 Å². The molecule has 0 aliphatic carbocycles. The van der Waals surface area contributed by atoms with Crippen LogP contribution in [0, 0.1) is 17.0 Å². The van der Waals surface area contributed by atoms with Crippen LogP contribution in [0.25, 0.3) is 0 Å². The third-order valence-corrected chi connectivity index (χ3v) is 4.35. The van der Waals surface area contributed by atoms with Crippen molar-refractivity contribution in [2.45, 2.75) is 6.92 Å². The van der Waals surface area contributed by atoms with Crippen molar-refractivity contribution >= 4 is 40.5 Å². The highest BCUT2D eigenvalue weighted by atomic mass is 35.5. The molecule has 8 nitrogen and oxygen atoms in total. The van der Waals surface area contributed by atoms with Gasteiger partial charge in [-0.05, 0) is 30.7 Å². The maximum atomic E-state index is 12.5. The number of hydrogen-bond donors (Lipinski definition) is 1. The summed E-state index contributed by atoms with van der Waals surface area (Å²) in [6, 6.07) is 8.98. The van der Waals surface area contributed by atoms with Crippen LogP contribution in [0.2, 0.25) is 10.0 Å². The number of anilines is 1. The Balaban J connectivity index is 1.93. The Morgan fingerprint density at radius 2 is 2.00 bits per heavy atom. The molecular weight excluding hydrogens is 407 g/mol. The monoisotopic (exact) mass is 420 g/mol. The van der Waals surface area contributed by atoms with Crippen LogP contribution in [-0.2, 0) is 7.05 Å². The Bertz CT molecular complexity index is 1060. The minimum atomic E-state index is -0.575. The zero-order chi connectivity index (χ0) is 20.4. The smallest absolute Gasteiger partial charge is 0.275 e. The van der Waals surface area contributed by atoms with Gasteiger partial charge in [0.05, 0.1) is 27.9 Å². The van der Waals surface area contributed by atoms with Crippen molar-refractivity contribution in [2.75, 3.05) is 5.32 Å². The second-order valence-electron chi connectivity index (χ2n) is 5.90. The van der Waals surface area contributed by atoms with Gasteiger partial charge in [-0.1, -0.05) is 23.2 Å². The molecule has 0 spiro atoms. The number of aromatic nitrogens is 2. The van der Waals surface area contributed by atoms with Crippen LogP contribution < -0.4 is 10.1 Å². The van der Waals surface area contributed by atoms with Gasteiger partial charge < -0.3 is 10.1 Å². The Hall–Kier alpha value is -3.10. The largest absolute Gasteiger partial charge is 0.457 e. The fraction of sp³-hybridized carbons (Fsp3) is 0.111. The molecule has 3 aromatic rings. The number of non-ortho nitro benzene ring substituents is 1. The van der Waals surface area contributed by atoms with Crippen LogP contribution in [0.3, 0.4) is 0 Å². The standard InChI is InChI=1S/C18H14Cl2N4O4/c1-10-5-11(19)3-4-16(10)28-14-7-12(6-13(8-14)24(26)27)22-18(25)17-15(20)9-21-23(17)2/h3-9H,1-2H3,(H,22,25). The van der Waals surface area contributed by atoms with E-state index in [1.807, 2.05) is 0 Å². The predicted octanol–water partition coefficient (Wildman–Crippen LogP) is 4.99. The molecular formula is C18H14Cl2N4O4. The third-order valence-electron chi connectivity index (χ3n) is 3.83. The maximum absolute atomic E-state index is 12.5. The molecule has 1 heterocycles. The number of carbonyl (C=O) groups is 1. The SMILES string of the molecule is Cc1cc(Cl)ccc1Oc1cc(NC(=O)c2c(Cl)cnn2C)cc([N+](=O)[O-])c1. The number of nitro groups is 1. The van der Waals surface area contributed by atoms with Crippen molar-refractivity contribution in [1.82, 2.24) is 9.78 Å². The molecule has 144 valence electrons. The van der Waals surface area contributed by atoms with Gasteiger partial charge in [-0.3, -0.25) is 19.6 Å². The van der Waals surface area contributed by atoms with Crippen LogP contribution >= 0.6 is 23.2 Å². The Labute approximate surface area is 169 Å². The number of nitro benzene ring substituents is 1. The molecule has 0 atom stereocenters. The highest BCUT2D eigenvalue weighted by Crippen LogP contribution is 2.32. The van der Waals surface area contributed by atoms with Crippen molar-refractivity contribution < 1.29 is 14.5 Å². The van der Waals surface area contributed by atoms with Crippen molar-refractivity contribution in [3.63, 3.8) is 0 Å². The number of benzene rings is 2. The van der Waals surface area contributed by atoms with E-state index < -0.39 is 10.8 Å². The summed E-state index contributed by atoms with van der Waals surface area (Å²) in [4.78, 5) is 23.2. The Morgan fingerprint density at radius 1 is 1.25 bits per heavy atom. The first-order valence-corrected chi connectivity index (χ1v) is 8.72. The van der Waals surface area contributed by atoms with E-state index in [4.69, 9.17) is 27.9 Å². The molecule has 0 bridgehead atoms. The number of carbonyl (C=O) groups excluding carboxylic acids is 1. The summed E-state index contributed by atoms with van der Waals surface area (Å²) in [5.41, 5.74) is 0.823. The quantitative estimate of drug-likeness (QED) is 0.462. The number of rotatable bonds is 5. The van der Waals surface area contributed by atoms with E-state index >= 15 is 0 Å². The lowest BCUT2D eigenvalue weighted by molar-refractivity contribution is -0.384. The molecule has 0 unspecified atom stereocenters. The summed E-state index contributed by atoms with van der Waals surface area (Å²) in [6.07, 6.45) is 1.34. The van der Waals surface area contributed by atoms with Gasteiger partial charge in [-0.2, -0.15) is 5.10 Å². The van der Waals surface area contributed by atoms with E-state index in [-0.39, 0.29) is 27.8 Å². The molecule has 0 aliphatic rings. The highest BCUT2D eigenvalue weighted by Gasteiger charge is 2.18. The van der Waals surface area contributed by atoms with Gasteiger partial charge in [0.25, 0.3) is 11.6 Å². The molecule has 3 rings (SSSR count). The van der Waals surface area contributed by atoms with Gasteiger partial charge in [0.15, 0.2) is 0 Å². The normalized spacial score (nSPS) is 10.6. The van der Waals surface area contributed by atoms with Gasteiger partial charge >= 0.3 is 0 Å². The molecule has 1 amide bonds. The van der Waals surface area contributed by atoms with E-state index in [1.165, 1.54) is 29.1 Å². The average Bonchev–Trinajstić information content (AvgIpc) is 2.95. The third kappa shape index (κ3) is 4.24. The summed E-state index contributed by atoms with van der Waals surface area (Å²) < 4.78 is 7.07. The number of aryl methyl sites for hydroxylation is 2. The number of nitrogens with one attached hydrogen (secondary N) is 1. The summed E-state index contributed by atoms with van der Waals surface area (Å²) in [6.45, 7) is 1.80. The molecule has 10 heteroatoms. The fourth-order valence-corrected chi connectivity index (χ4v) is 3.01. The van der Waals surface area contributed by atoms with Crippen LogP contribution in [0.15, 0.2) is 42.6 Å². The van der Waals surface area contributed by atoms with Gasteiger partial charge in [0, 0.05) is 24.2 Å².